The lowest BCUT2D eigenvalue weighted by Gasteiger charge is -2.36. The molecule has 1 aliphatic heterocycles. The minimum absolute atomic E-state index is 0.0545. The first-order valence-corrected chi connectivity index (χ1v) is 10.8. The topological polar surface area (TPSA) is 36.8 Å². The molecule has 2 N–H and O–H groups in total. The summed E-state index contributed by atoms with van der Waals surface area (Å²) in [6.07, 6.45) is 0. The van der Waals surface area contributed by atoms with Crippen LogP contribution in [0.2, 0.25) is 5.02 Å². The van der Waals surface area contributed by atoms with Crippen LogP contribution in [-0.4, -0.2) is 37.1 Å². The van der Waals surface area contributed by atoms with Crippen molar-refractivity contribution in [1.29, 1.82) is 0 Å². The van der Waals surface area contributed by atoms with Gasteiger partial charge in [-0.15, -0.1) is 0 Å². The summed E-state index contributed by atoms with van der Waals surface area (Å²) in [4.78, 5) is 16.2. The molecule has 152 valence electrons. The molecule has 0 unspecified atom stereocenters. The van der Waals surface area contributed by atoms with E-state index >= 15 is 0 Å². The second-order valence-corrected chi connectivity index (χ2v) is 8.55. The van der Waals surface area contributed by atoms with Gasteiger partial charge in [-0.2, -0.15) is 0 Å². The van der Waals surface area contributed by atoms with Gasteiger partial charge in [0.15, 0.2) is 0 Å². The molecule has 0 atom stereocenters. The fourth-order valence-electron chi connectivity index (χ4n) is 4.75. The van der Waals surface area contributed by atoms with E-state index in [1.54, 1.807) is 0 Å². The summed E-state index contributed by atoms with van der Waals surface area (Å²) >= 11 is 6.19. The number of benzene rings is 3. The molecule has 30 heavy (non-hydrogen) atoms. The third kappa shape index (κ3) is 3.36. The highest BCUT2D eigenvalue weighted by molar-refractivity contribution is 6.31. The van der Waals surface area contributed by atoms with Gasteiger partial charge in [-0.1, -0.05) is 66.2 Å². The van der Waals surface area contributed by atoms with Crippen molar-refractivity contribution in [2.24, 2.45) is 0 Å². The van der Waals surface area contributed by atoms with Crippen LogP contribution < -0.4 is 10.2 Å². The maximum atomic E-state index is 12.8. The van der Waals surface area contributed by atoms with E-state index in [1.807, 2.05) is 30.0 Å². The zero-order chi connectivity index (χ0) is 20.7. The molecule has 0 saturated carbocycles. The van der Waals surface area contributed by atoms with Crippen molar-refractivity contribution in [1.82, 2.24) is 4.90 Å². The lowest BCUT2D eigenvalue weighted by atomic mass is 10.0. The average Bonchev–Trinajstić information content (AvgIpc) is 3.11. The second-order valence-electron chi connectivity index (χ2n) is 8.15. The lowest BCUT2D eigenvalue weighted by Crippen LogP contribution is -3.15. The third-order valence-electron chi connectivity index (χ3n) is 6.36. The van der Waals surface area contributed by atoms with E-state index in [0.29, 0.717) is 11.1 Å². The van der Waals surface area contributed by atoms with E-state index in [9.17, 15) is 4.79 Å². The Balaban J connectivity index is 1.29. The summed E-state index contributed by atoms with van der Waals surface area (Å²) in [5.74, 6) is 0. The van der Waals surface area contributed by atoms with Gasteiger partial charge in [0.25, 0.3) is 0 Å². The van der Waals surface area contributed by atoms with Crippen molar-refractivity contribution < 1.29 is 9.69 Å². The molecule has 1 fully saturated rings. The summed E-state index contributed by atoms with van der Waals surface area (Å²) in [5.41, 5.74) is 7.25. The van der Waals surface area contributed by atoms with Crippen molar-refractivity contribution in [2.45, 2.75) is 13.0 Å². The Morgan fingerprint density at radius 2 is 1.57 bits per heavy atom. The largest absolute Gasteiger partial charge is 0.322 e. The molecular formula is C25H25ClN3O+. The molecule has 3 aromatic carbocycles. The number of carbonyl (C=O) groups is 1. The number of rotatable bonds is 2. The van der Waals surface area contributed by atoms with Crippen LogP contribution in [-0.2, 0) is 0 Å². The maximum absolute atomic E-state index is 12.8. The van der Waals surface area contributed by atoms with Crippen LogP contribution >= 0.6 is 11.6 Å². The Labute approximate surface area is 182 Å². The fraction of sp³-hybridized carbons (Fsp3) is 0.240. The van der Waals surface area contributed by atoms with Crippen molar-refractivity contribution in [3.05, 3.63) is 88.4 Å². The average molecular weight is 419 g/mol. The highest BCUT2D eigenvalue weighted by Gasteiger charge is 2.38. The number of hydrogen-bond acceptors (Lipinski definition) is 1. The van der Waals surface area contributed by atoms with Gasteiger partial charge in [0.2, 0.25) is 0 Å². The first kappa shape index (κ1) is 19.2. The fourth-order valence-corrected chi connectivity index (χ4v) is 4.93. The van der Waals surface area contributed by atoms with Gasteiger partial charge in [0.05, 0.1) is 26.2 Å². The molecule has 0 radical (unpaired) electrons. The van der Waals surface area contributed by atoms with Gasteiger partial charge < -0.3 is 15.1 Å². The number of quaternary nitrogens is 1. The summed E-state index contributed by atoms with van der Waals surface area (Å²) in [6.45, 7) is 5.28. The predicted molar refractivity (Wildman–Crippen MR) is 121 cm³/mol. The highest BCUT2D eigenvalue weighted by atomic mass is 35.5. The quantitative estimate of drug-likeness (QED) is 0.644. The molecule has 3 aromatic rings. The first-order valence-electron chi connectivity index (χ1n) is 10.5. The van der Waals surface area contributed by atoms with Crippen molar-refractivity contribution in [3.63, 3.8) is 0 Å². The number of carbonyl (C=O) groups excluding carboxylic acids is 1. The first-order chi connectivity index (χ1) is 14.6. The Bertz CT molecular complexity index is 1060. The number of nitrogens with zero attached hydrogens (tertiary/aromatic N) is 1. The predicted octanol–water partition coefficient (Wildman–Crippen LogP) is 4.15. The van der Waals surface area contributed by atoms with Crippen molar-refractivity contribution in [2.75, 3.05) is 31.5 Å². The van der Waals surface area contributed by atoms with Crippen LogP contribution in [0.4, 0.5) is 10.5 Å². The molecule has 0 spiro atoms. The number of aryl methyl sites for hydroxylation is 1. The van der Waals surface area contributed by atoms with Crippen LogP contribution in [0, 0.1) is 6.92 Å². The molecule has 1 saturated heterocycles. The van der Waals surface area contributed by atoms with Crippen LogP contribution in [0.15, 0.2) is 66.7 Å². The number of piperazine rings is 1. The monoisotopic (exact) mass is 418 g/mol. The van der Waals surface area contributed by atoms with Crippen molar-refractivity contribution >= 4 is 23.3 Å². The van der Waals surface area contributed by atoms with Crippen LogP contribution in [0.25, 0.3) is 11.1 Å². The van der Waals surface area contributed by atoms with Gasteiger partial charge in [0, 0.05) is 21.8 Å². The Hall–Kier alpha value is -2.82. The smallest absolute Gasteiger partial charge is 0.322 e. The van der Waals surface area contributed by atoms with Gasteiger partial charge in [-0.25, -0.2) is 4.79 Å². The summed E-state index contributed by atoms with van der Waals surface area (Å²) in [6, 6.07) is 23.4. The second kappa shape index (κ2) is 7.78. The molecule has 1 heterocycles. The summed E-state index contributed by atoms with van der Waals surface area (Å²) < 4.78 is 0. The number of hydrogen-bond donors (Lipinski definition) is 2. The van der Waals surface area contributed by atoms with Gasteiger partial charge in [-0.3, -0.25) is 0 Å². The summed E-state index contributed by atoms with van der Waals surface area (Å²) in [5, 5.41) is 3.66. The standard InChI is InChI=1S/C25H24ClN3O/c1-17-10-11-18(16-23(17)26)27-25(30)29-14-12-28(13-15-29)24-21-8-4-2-6-19(21)20-7-3-5-9-22(20)24/h2-11,16,24H,12-15H2,1H3,(H,27,30)/p+1. The van der Waals surface area contributed by atoms with Crippen LogP contribution in [0.1, 0.15) is 22.7 Å². The number of amides is 2. The molecule has 0 aromatic heterocycles. The molecule has 5 heteroatoms. The van der Waals surface area contributed by atoms with E-state index < -0.39 is 0 Å². The number of nitrogens with one attached hydrogen (secondary N) is 2. The van der Waals surface area contributed by atoms with Crippen molar-refractivity contribution in [3.8, 4) is 11.1 Å². The minimum atomic E-state index is -0.0545. The SMILES string of the molecule is Cc1ccc(NC(=O)N2CC[NH+](C3c4ccccc4-c4ccccc43)CC2)cc1Cl. The Kier molecular flexibility index (Phi) is 4.97. The van der Waals surface area contributed by atoms with E-state index in [1.165, 1.54) is 27.2 Å². The van der Waals surface area contributed by atoms with E-state index in [0.717, 1.165) is 37.4 Å². The molecule has 2 aliphatic rings. The molecule has 4 nitrogen and oxygen atoms in total. The minimum Gasteiger partial charge on any atom is -0.322 e. The Morgan fingerprint density at radius 1 is 0.967 bits per heavy atom. The number of anilines is 1. The normalized spacial score (nSPS) is 16.3. The van der Waals surface area contributed by atoms with Crippen LogP contribution in [0.5, 0.6) is 0 Å². The van der Waals surface area contributed by atoms with Gasteiger partial charge in [0.1, 0.15) is 6.04 Å². The number of halogens is 1. The van der Waals surface area contributed by atoms with E-state index in [-0.39, 0.29) is 6.03 Å². The molecular weight excluding hydrogens is 394 g/mol. The number of urea groups is 1. The van der Waals surface area contributed by atoms with E-state index in [4.69, 9.17) is 11.6 Å². The van der Waals surface area contributed by atoms with Gasteiger partial charge in [-0.05, 0) is 35.7 Å². The highest BCUT2D eigenvalue weighted by Crippen LogP contribution is 2.41. The summed E-state index contributed by atoms with van der Waals surface area (Å²) in [7, 11) is 0. The Morgan fingerprint density at radius 3 is 2.17 bits per heavy atom. The zero-order valence-electron chi connectivity index (χ0n) is 17.0. The molecule has 0 bridgehead atoms. The lowest BCUT2D eigenvalue weighted by molar-refractivity contribution is -0.928. The van der Waals surface area contributed by atoms with Crippen LogP contribution in [0.3, 0.4) is 0 Å². The number of fused-ring (bicyclic) bond motifs is 3. The molecule has 2 amide bonds. The van der Waals surface area contributed by atoms with Gasteiger partial charge >= 0.3 is 6.03 Å². The molecule has 5 rings (SSSR count). The molecule has 1 aliphatic carbocycles. The maximum Gasteiger partial charge on any atom is 0.322 e. The third-order valence-corrected chi connectivity index (χ3v) is 6.77. The van der Waals surface area contributed by atoms with E-state index in [2.05, 4.69) is 53.8 Å². The zero-order valence-corrected chi connectivity index (χ0v) is 17.7.